The van der Waals surface area contributed by atoms with Gasteiger partial charge in [0.25, 0.3) is 5.91 Å². The topological polar surface area (TPSA) is 49.4 Å². The van der Waals surface area contributed by atoms with Crippen molar-refractivity contribution < 1.29 is 9.59 Å². The van der Waals surface area contributed by atoms with Crippen LogP contribution in [0.15, 0.2) is 72.8 Å². The van der Waals surface area contributed by atoms with Gasteiger partial charge in [-0.1, -0.05) is 66.2 Å². The molecule has 0 aliphatic rings. The summed E-state index contributed by atoms with van der Waals surface area (Å²) in [7, 11) is 0. The van der Waals surface area contributed by atoms with Gasteiger partial charge in [0, 0.05) is 19.2 Å². The number of benzene rings is 3. The van der Waals surface area contributed by atoms with E-state index in [0.717, 1.165) is 23.2 Å². The van der Waals surface area contributed by atoms with Crippen molar-refractivity contribution in [1.29, 1.82) is 0 Å². The molecule has 160 valence electrons. The highest BCUT2D eigenvalue weighted by Crippen LogP contribution is 2.24. The number of amides is 2. The fourth-order valence-corrected chi connectivity index (χ4v) is 3.55. The Morgan fingerprint density at radius 1 is 0.871 bits per heavy atom. The number of carbonyl (C=O) groups excluding carboxylic acids is 2. The van der Waals surface area contributed by atoms with Crippen LogP contribution in [-0.2, 0) is 16.0 Å². The lowest BCUT2D eigenvalue weighted by molar-refractivity contribution is -0.126. The molecule has 3 aromatic rings. The quantitative estimate of drug-likeness (QED) is 0.587. The van der Waals surface area contributed by atoms with E-state index in [1.165, 1.54) is 23.6 Å². The van der Waals surface area contributed by atoms with E-state index in [4.69, 9.17) is 0 Å². The van der Waals surface area contributed by atoms with Gasteiger partial charge in [-0.3, -0.25) is 9.59 Å². The van der Waals surface area contributed by atoms with Crippen molar-refractivity contribution in [2.45, 2.75) is 40.2 Å². The van der Waals surface area contributed by atoms with E-state index in [1.54, 1.807) is 4.90 Å². The molecule has 0 saturated carbocycles. The normalized spacial score (nSPS) is 11.6. The Morgan fingerprint density at radius 3 is 2.16 bits per heavy atom. The number of nitrogens with one attached hydrogen (secondary N) is 1. The molecule has 1 atom stereocenters. The van der Waals surface area contributed by atoms with Gasteiger partial charge < -0.3 is 10.2 Å². The summed E-state index contributed by atoms with van der Waals surface area (Å²) in [6.45, 7) is 8.13. The average molecular weight is 415 g/mol. The minimum Gasteiger partial charge on any atom is -0.341 e. The first-order valence-corrected chi connectivity index (χ1v) is 10.6. The number of aryl methyl sites for hydroxylation is 3. The van der Waals surface area contributed by atoms with E-state index < -0.39 is 6.04 Å². The van der Waals surface area contributed by atoms with Gasteiger partial charge >= 0.3 is 0 Å². The van der Waals surface area contributed by atoms with E-state index in [2.05, 4.69) is 43.4 Å². The molecule has 2 amide bonds. The molecule has 0 spiro atoms. The Balaban J connectivity index is 1.95. The van der Waals surface area contributed by atoms with E-state index >= 15 is 0 Å². The van der Waals surface area contributed by atoms with Crippen molar-refractivity contribution in [3.05, 3.63) is 101 Å². The van der Waals surface area contributed by atoms with Crippen molar-refractivity contribution in [3.8, 4) is 0 Å². The molecule has 4 heteroatoms. The minimum absolute atomic E-state index is 0.142. The molecule has 0 aliphatic carbocycles. The highest BCUT2D eigenvalue weighted by atomic mass is 16.2. The van der Waals surface area contributed by atoms with Crippen LogP contribution in [0.3, 0.4) is 0 Å². The summed E-state index contributed by atoms with van der Waals surface area (Å²) >= 11 is 0. The Morgan fingerprint density at radius 2 is 1.55 bits per heavy atom. The highest BCUT2D eigenvalue weighted by Gasteiger charge is 2.27. The summed E-state index contributed by atoms with van der Waals surface area (Å²) in [6, 6.07) is 23.1. The van der Waals surface area contributed by atoms with Crippen molar-refractivity contribution in [2.75, 3.05) is 11.4 Å². The van der Waals surface area contributed by atoms with Crippen molar-refractivity contribution in [1.82, 2.24) is 5.32 Å². The molecular weight excluding hydrogens is 384 g/mol. The second-order valence-corrected chi connectivity index (χ2v) is 8.04. The van der Waals surface area contributed by atoms with E-state index in [-0.39, 0.29) is 11.8 Å². The zero-order valence-corrected chi connectivity index (χ0v) is 18.7. The van der Waals surface area contributed by atoms with Gasteiger partial charge in [0.05, 0.1) is 0 Å². The summed E-state index contributed by atoms with van der Waals surface area (Å²) in [5.74, 6) is -0.377. The maximum absolute atomic E-state index is 13.8. The van der Waals surface area contributed by atoms with Gasteiger partial charge in [-0.15, -0.1) is 0 Å². The largest absolute Gasteiger partial charge is 0.341 e. The van der Waals surface area contributed by atoms with Crippen LogP contribution in [0.5, 0.6) is 0 Å². The fourth-order valence-electron chi connectivity index (χ4n) is 3.55. The predicted octanol–water partition coefficient (Wildman–Crippen LogP) is 5.06. The molecule has 3 rings (SSSR count). The lowest BCUT2D eigenvalue weighted by Crippen LogP contribution is -2.43. The standard InChI is InChI=1S/C27H30N2O2/c1-19-10-13-23(14-11-19)16-17-29(25-15-12-20(2)21(3)18-25)27(31)26(28-22(4)30)24-8-6-5-7-9-24/h5-15,18,26H,16-17H2,1-4H3,(H,28,30). The van der Waals surface area contributed by atoms with Crippen LogP contribution >= 0.6 is 0 Å². The molecule has 3 aromatic carbocycles. The van der Waals surface area contributed by atoms with Crippen LogP contribution < -0.4 is 10.2 Å². The van der Waals surface area contributed by atoms with E-state index in [9.17, 15) is 9.59 Å². The smallest absolute Gasteiger partial charge is 0.254 e. The molecular formula is C27H30N2O2. The Hall–Kier alpha value is -3.40. The van der Waals surface area contributed by atoms with Crippen molar-refractivity contribution >= 4 is 17.5 Å². The third-order valence-electron chi connectivity index (χ3n) is 5.54. The highest BCUT2D eigenvalue weighted by molar-refractivity contribution is 5.99. The summed E-state index contributed by atoms with van der Waals surface area (Å²) in [6.07, 6.45) is 0.723. The van der Waals surface area contributed by atoms with Crippen molar-refractivity contribution in [3.63, 3.8) is 0 Å². The maximum atomic E-state index is 13.8. The van der Waals surface area contributed by atoms with Gasteiger partial charge in [0.15, 0.2) is 0 Å². The first-order chi connectivity index (χ1) is 14.8. The third-order valence-corrected chi connectivity index (χ3v) is 5.54. The van der Waals surface area contributed by atoms with Gasteiger partial charge in [-0.2, -0.15) is 0 Å². The Bertz CT molecular complexity index is 1040. The third kappa shape index (κ3) is 5.82. The molecule has 0 fully saturated rings. The van der Waals surface area contributed by atoms with Crippen LogP contribution in [-0.4, -0.2) is 18.4 Å². The Kier molecular flexibility index (Phi) is 7.24. The van der Waals surface area contributed by atoms with Crippen LogP contribution in [0.1, 0.15) is 40.8 Å². The number of hydrogen-bond donors (Lipinski definition) is 1. The van der Waals surface area contributed by atoms with E-state index in [1.807, 2.05) is 55.5 Å². The number of carbonyl (C=O) groups is 2. The zero-order valence-electron chi connectivity index (χ0n) is 18.7. The molecule has 0 saturated heterocycles. The molecule has 4 nitrogen and oxygen atoms in total. The van der Waals surface area contributed by atoms with Crippen LogP contribution in [0.2, 0.25) is 0 Å². The van der Waals surface area contributed by atoms with Gasteiger partial charge in [-0.25, -0.2) is 0 Å². The van der Waals surface area contributed by atoms with Gasteiger partial charge in [0.1, 0.15) is 6.04 Å². The Labute approximate surface area is 184 Å². The number of rotatable bonds is 7. The fraction of sp³-hybridized carbons (Fsp3) is 0.259. The van der Waals surface area contributed by atoms with Gasteiger partial charge in [0.2, 0.25) is 5.91 Å². The second kappa shape index (κ2) is 10.1. The first-order valence-electron chi connectivity index (χ1n) is 10.6. The SMILES string of the molecule is CC(=O)NC(C(=O)N(CCc1ccc(C)cc1)c1ccc(C)c(C)c1)c1ccccc1. The average Bonchev–Trinajstić information content (AvgIpc) is 2.76. The van der Waals surface area contributed by atoms with E-state index in [0.29, 0.717) is 6.54 Å². The summed E-state index contributed by atoms with van der Waals surface area (Å²) in [4.78, 5) is 27.5. The van der Waals surface area contributed by atoms with Gasteiger partial charge in [-0.05, 0) is 61.6 Å². The van der Waals surface area contributed by atoms with Crippen molar-refractivity contribution in [2.24, 2.45) is 0 Å². The van der Waals surface area contributed by atoms with Crippen LogP contribution in [0, 0.1) is 20.8 Å². The summed E-state index contributed by atoms with van der Waals surface area (Å²) in [5, 5.41) is 2.85. The number of anilines is 1. The first kappa shape index (κ1) is 22.3. The second-order valence-electron chi connectivity index (χ2n) is 8.04. The number of nitrogens with zero attached hydrogens (tertiary/aromatic N) is 1. The molecule has 31 heavy (non-hydrogen) atoms. The monoisotopic (exact) mass is 414 g/mol. The lowest BCUT2D eigenvalue weighted by Gasteiger charge is -2.29. The summed E-state index contributed by atoms with van der Waals surface area (Å²) in [5.41, 5.74) is 6.29. The minimum atomic E-state index is -0.738. The number of hydrogen-bond acceptors (Lipinski definition) is 2. The zero-order chi connectivity index (χ0) is 22.4. The van der Waals surface area contributed by atoms with Crippen LogP contribution in [0.25, 0.3) is 0 Å². The van der Waals surface area contributed by atoms with Crippen LogP contribution in [0.4, 0.5) is 5.69 Å². The summed E-state index contributed by atoms with van der Waals surface area (Å²) < 4.78 is 0. The molecule has 0 bridgehead atoms. The molecule has 0 heterocycles. The molecule has 0 aliphatic heterocycles. The lowest BCUT2D eigenvalue weighted by atomic mass is 10.0. The molecule has 1 unspecified atom stereocenters. The molecule has 0 aromatic heterocycles. The molecule has 1 N–H and O–H groups in total. The predicted molar refractivity (Wildman–Crippen MR) is 126 cm³/mol. The molecule has 0 radical (unpaired) electrons. The maximum Gasteiger partial charge on any atom is 0.254 e.